The number of benzene rings is 3. The molecule has 1 atom stereocenters. The van der Waals surface area contributed by atoms with E-state index in [4.69, 9.17) is 0 Å². The molecule has 0 fully saturated rings. The monoisotopic (exact) mass is 507 g/mol. The van der Waals surface area contributed by atoms with Gasteiger partial charge in [0.1, 0.15) is 24.6 Å². The molecule has 190 valence electrons. The number of para-hydroxylation sites is 1. The minimum absolute atomic E-state index is 0.0114. The molecule has 3 aromatic carbocycles. The van der Waals surface area contributed by atoms with Gasteiger partial charge in [0, 0.05) is 11.1 Å². The zero-order valence-corrected chi connectivity index (χ0v) is 20.6. The summed E-state index contributed by atoms with van der Waals surface area (Å²) in [6, 6.07) is 18.9. The number of phenolic OH excluding ortho intramolecular Hbond substituents is 1. The molecule has 5 rings (SSSR count). The van der Waals surface area contributed by atoms with Crippen LogP contribution in [0.3, 0.4) is 0 Å². The van der Waals surface area contributed by atoms with E-state index in [-0.39, 0.29) is 41.6 Å². The van der Waals surface area contributed by atoms with E-state index < -0.39 is 10.6 Å². The summed E-state index contributed by atoms with van der Waals surface area (Å²) in [5.41, 5.74) is 7.20. The Morgan fingerprint density at radius 3 is 2.58 bits per heavy atom. The second-order valence-corrected chi connectivity index (χ2v) is 9.36. The number of carboxylic acid groups (broad SMARTS) is 1. The number of carboxylic acids is 1. The van der Waals surface area contributed by atoms with E-state index >= 15 is 0 Å². The van der Waals surface area contributed by atoms with E-state index in [1.165, 1.54) is 12.1 Å². The summed E-state index contributed by atoms with van der Waals surface area (Å²) in [7, 11) is 0. The van der Waals surface area contributed by atoms with Gasteiger partial charge in [-0.25, -0.2) is 4.79 Å². The van der Waals surface area contributed by atoms with Gasteiger partial charge < -0.3 is 20.1 Å². The highest BCUT2D eigenvalue weighted by molar-refractivity contribution is 6.51. The predicted molar refractivity (Wildman–Crippen MR) is 145 cm³/mol. The molecule has 0 amide bonds. The molecule has 38 heavy (non-hydrogen) atoms. The first kappa shape index (κ1) is 24.9. The number of allylic oxidation sites excluding steroid dienone is 4. The van der Waals surface area contributed by atoms with Gasteiger partial charge >= 0.3 is 5.97 Å². The number of quaternary nitrogens is 1. The normalized spacial score (nSPS) is 19.5. The maximum atomic E-state index is 13.5. The topological polar surface area (TPSA) is 122 Å². The minimum atomic E-state index is -1.07. The van der Waals surface area contributed by atoms with Gasteiger partial charge in [0.25, 0.3) is 0 Å². The number of carbonyl (C=O) groups is 2. The molecule has 1 aliphatic heterocycles. The molecule has 1 aliphatic carbocycles. The van der Waals surface area contributed by atoms with Crippen molar-refractivity contribution >= 4 is 23.2 Å². The lowest BCUT2D eigenvalue weighted by Crippen LogP contribution is -2.42. The molecule has 8 heteroatoms. The summed E-state index contributed by atoms with van der Waals surface area (Å²) < 4.78 is -0.680. The van der Waals surface area contributed by atoms with Gasteiger partial charge in [0.2, 0.25) is 5.78 Å². The number of nitrogens with zero attached hydrogens (tertiary/aromatic N) is 2. The summed E-state index contributed by atoms with van der Waals surface area (Å²) in [4.78, 5) is 24.6. The minimum Gasteiger partial charge on any atom is -0.627 e. The third-order valence-corrected chi connectivity index (χ3v) is 6.55. The van der Waals surface area contributed by atoms with Crippen LogP contribution >= 0.6 is 0 Å². The average molecular weight is 508 g/mol. The van der Waals surface area contributed by atoms with Gasteiger partial charge in [-0.1, -0.05) is 60.2 Å². The molecule has 0 spiro atoms. The first-order valence-corrected chi connectivity index (χ1v) is 12.0. The van der Waals surface area contributed by atoms with Crippen LogP contribution in [0.2, 0.25) is 0 Å². The van der Waals surface area contributed by atoms with Crippen LogP contribution in [-0.4, -0.2) is 38.9 Å². The molecule has 3 aromatic rings. The van der Waals surface area contributed by atoms with Gasteiger partial charge in [0.15, 0.2) is 0 Å². The van der Waals surface area contributed by atoms with Crippen LogP contribution < -0.4 is 5.43 Å². The lowest BCUT2D eigenvalue weighted by Gasteiger charge is -2.42. The number of aryl methyl sites for hydroxylation is 1. The summed E-state index contributed by atoms with van der Waals surface area (Å²) in [6.45, 7) is 2.18. The summed E-state index contributed by atoms with van der Waals surface area (Å²) >= 11 is 0. The van der Waals surface area contributed by atoms with Crippen molar-refractivity contribution in [3.63, 3.8) is 0 Å². The van der Waals surface area contributed by atoms with Crippen LogP contribution in [0, 0.1) is 12.1 Å². The van der Waals surface area contributed by atoms with Gasteiger partial charge in [-0.3, -0.25) is 10.2 Å². The van der Waals surface area contributed by atoms with Crippen molar-refractivity contribution in [2.24, 2.45) is 5.10 Å². The number of hydrogen-bond donors (Lipinski definition) is 3. The highest BCUT2D eigenvalue weighted by atomic mass is 16.5. The largest absolute Gasteiger partial charge is 0.627 e. The zero-order chi connectivity index (χ0) is 26.9. The first-order chi connectivity index (χ1) is 18.2. The molecule has 0 saturated heterocycles. The number of hydrogen-bond acceptors (Lipinski definition) is 6. The van der Waals surface area contributed by atoms with Crippen LogP contribution in [-0.2, 0) is 11.3 Å². The number of Topliss-reactive ketones (excluding diaryl/α,β-unsaturated/α-hetero) is 1. The predicted octanol–water partition coefficient (Wildman–Crippen LogP) is 5.31. The molecule has 1 heterocycles. The molecule has 0 saturated carbocycles. The van der Waals surface area contributed by atoms with Gasteiger partial charge in [0.05, 0.1) is 23.0 Å². The number of hydrazone groups is 1. The number of nitrogens with one attached hydrogen (secondary N) is 1. The Hall–Kier alpha value is -4.79. The fraction of sp³-hybridized carbons (Fsp3) is 0.100. The Labute approximate surface area is 219 Å². The molecular formula is C30H25N3O5. The summed E-state index contributed by atoms with van der Waals surface area (Å²) in [6.07, 6.45) is 6.57. The zero-order valence-electron chi connectivity index (χ0n) is 20.6. The number of rotatable bonds is 6. The number of ketones is 1. The SMILES string of the molecule is Cc1ccc(C[N+]2([O-])C=CC3=C(C2)C(=O)C(=NNc2cccc(-c4cccc(C(=O)O)c4)c2O)C=C3)cc1. The number of hydroxylamine groups is 3. The molecule has 0 radical (unpaired) electrons. The van der Waals surface area contributed by atoms with Crippen molar-refractivity contribution in [2.45, 2.75) is 13.5 Å². The molecule has 3 N–H and O–H groups in total. The third-order valence-electron chi connectivity index (χ3n) is 6.55. The van der Waals surface area contributed by atoms with E-state index in [0.29, 0.717) is 22.3 Å². The summed E-state index contributed by atoms with van der Waals surface area (Å²) in [5.74, 6) is -1.56. The van der Waals surface area contributed by atoms with Crippen LogP contribution in [0.5, 0.6) is 5.75 Å². The third kappa shape index (κ3) is 5.04. The number of anilines is 1. The smallest absolute Gasteiger partial charge is 0.335 e. The van der Waals surface area contributed by atoms with E-state index in [2.05, 4.69) is 10.5 Å². The molecule has 1 unspecified atom stereocenters. The van der Waals surface area contributed by atoms with Crippen molar-refractivity contribution in [3.05, 3.63) is 124 Å². The van der Waals surface area contributed by atoms with Crippen molar-refractivity contribution in [1.29, 1.82) is 0 Å². The Kier molecular flexibility index (Phi) is 6.50. The number of aromatic hydroxyl groups is 1. The molecule has 2 aliphatic rings. The Bertz CT molecular complexity index is 1570. The molecule has 8 nitrogen and oxygen atoms in total. The van der Waals surface area contributed by atoms with E-state index in [0.717, 1.165) is 11.1 Å². The maximum absolute atomic E-state index is 13.5. The fourth-order valence-corrected chi connectivity index (χ4v) is 4.49. The van der Waals surface area contributed by atoms with E-state index in [1.807, 2.05) is 31.2 Å². The Morgan fingerprint density at radius 1 is 1.05 bits per heavy atom. The molecule has 0 aromatic heterocycles. The first-order valence-electron chi connectivity index (χ1n) is 12.0. The second-order valence-electron chi connectivity index (χ2n) is 9.36. The number of phenols is 1. The van der Waals surface area contributed by atoms with Gasteiger partial charge in [-0.05, 0) is 48.4 Å². The van der Waals surface area contributed by atoms with Crippen LogP contribution in [0.25, 0.3) is 11.1 Å². The maximum Gasteiger partial charge on any atom is 0.335 e. The highest BCUT2D eigenvalue weighted by Gasteiger charge is 2.31. The van der Waals surface area contributed by atoms with Crippen molar-refractivity contribution < 1.29 is 24.4 Å². The molecular weight excluding hydrogens is 482 g/mol. The van der Waals surface area contributed by atoms with Crippen molar-refractivity contribution in [3.8, 4) is 16.9 Å². The second kappa shape index (κ2) is 9.93. The van der Waals surface area contributed by atoms with Crippen LogP contribution in [0.1, 0.15) is 21.5 Å². The lowest BCUT2D eigenvalue weighted by atomic mass is 9.92. The highest BCUT2D eigenvalue weighted by Crippen LogP contribution is 2.36. The standard InChI is InChI=1S/C30H25N3O5/c1-19-8-10-20(11-9-19)17-33(38)15-14-21-12-13-27(29(35)25(21)18-33)32-31-26-7-3-6-24(28(26)34)22-4-2-5-23(16-22)30(36)37/h2-16,31,34H,17-18H2,1H3,(H,36,37). The van der Waals surface area contributed by atoms with Crippen molar-refractivity contribution in [2.75, 3.05) is 12.0 Å². The van der Waals surface area contributed by atoms with Gasteiger partial charge in [-0.15, -0.1) is 0 Å². The van der Waals surface area contributed by atoms with E-state index in [1.54, 1.807) is 54.8 Å². The fourth-order valence-electron chi connectivity index (χ4n) is 4.49. The molecule has 0 bridgehead atoms. The Balaban J connectivity index is 1.35. The number of carbonyl (C=O) groups excluding carboxylic acids is 1. The van der Waals surface area contributed by atoms with Crippen LogP contribution in [0.4, 0.5) is 5.69 Å². The summed E-state index contributed by atoms with van der Waals surface area (Å²) in [5, 5.41) is 37.8. The number of aromatic carboxylic acids is 1. The van der Waals surface area contributed by atoms with Crippen LogP contribution in [0.15, 0.2) is 107 Å². The van der Waals surface area contributed by atoms with Gasteiger partial charge in [-0.2, -0.15) is 5.10 Å². The average Bonchev–Trinajstić information content (AvgIpc) is 2.91. The lowest BCUT2D eigenvalue weighted by molar-refractivity contribution is -0.838. The quantitative estimate of drug-likeness (QED) is 0.137. The van der Waals surface area contributed by atoms with Crippen molar-refractivity contribution in [1.82, 2.24) is 0 Å². The van der Waals surface area contributed by atoms with E-state index in [9.17, 15) is 25.0 Å². The Morgan fingerprint density at radius 2 is 1.82 bits per heavy atom.